The van der Waals surface area contributed by atoms with Crippen LogP contribution in [0.3, 0.4) is 0 Å². The summed E-state index contributed by atoms with van der Waals surface area (Å²) in [5.74, 6) is 0.786. The molecule has 7 heteroatoms. The summed E-state index contributed by atoms with van der Waals surface area (Å²) in [5.41, 5.74) is 0.883. The van der Waals surface area contributed by atoms with Crippen LogP contribution < -0.4 is 4.74 Å². The summed E-state index contributed by atoms with van der Waals surface area (Å²) in [4.78, 5) is 23.2. The minimum absolute atomic E-state index is 0.0525. The van der Waals surface area contributed by atoms with Gasteiger partial charge in [-0.05, 0) is 44.0 Å². The number of carbonyl (C=O) groups excluding carboxylic acids is 1. The van der Waals surface area contributed by atoms with Gasteiger partial charge >= 0.3 is 0 Å². The predicted molar refractivity (Wildman–Crippen MR) is 103 cm³/mol. The summed E-state index contributed by atoms with van der Waals surface area (Å²) >= 11 is 0. The van der Waals surface area contributed by atoms with Gasteiger partial charge in [-0.15, -0.1) is 0 Å². The van der Waals surface area contributed by atoms with Gasteiger partial charge in [0.1, 0.15) is 11.4 Å². The minimum Gasteiger partial charge on any atom is -0.497 e. The molecule has 1 atom stereocenters. The Balaban J connectivity index is 1.55. The molecule has 27 heavy (non-hydrogen) atoms. The van der Waals surface area contributed by atoms with Gasteiger partial charge < -0.3 is 19.7 Å². The van der Waals surface area contributed by atoms with Gasteiger partial charge in [0.25, 0.3) is 5.91 Å². The molecule has 0 radical (unpaired) electrons. The van der Waals surface area contributed by atoms with Crippen molar-refractivity contribution in [3.63, 3.8) is 0 Å². The van der Waals surface area contributed by atoms with Crippen molar-refractivity contribution in [2.45, 2.75) is 31.4 Å². The van der Waals surface area contributed by atoms with Gasteiger partial charge in [0.15, 0.2) is 0 Å². The molecule has 1 aromatic heterocycles. The largest absolute Gasteiger partial charge is 0.497 e. The van der Waals surface area contributed by atoms with Crippen LogP contribution in [-0.2, 0) is 6.54 Å². The molecule has 0 unspecified atom stereocenters. The normalized spacial score (nSPS) is 20.5. The molecule has 3 rings (SSSR count). The Bertz CT molecular complexity index is 732. The molecule has 2 heterocycles. The van der Waals surface area contributed by atoms with Crippen LogP contribution in [0.1, 0.15) is 35.3 Å². The number of likely N-dealkylation sites (tertiary alicyclic amines) is 1. The van der Waals surface area contributed by atoms with Crippen molar-refractivity contribution in [3.8, 4) is 5.75 Å². The average molecular weight is 372 g/mol. The van der Waals surface area contributed by atoms with Crippen molar-refractivity contribution < 1.29 is 14.6 Å². The number of likely N-dealkylation sites (N-methyl/N-ethyl adjacent to an activating group) is 1. The van der Waals surface area contributed by atoms with Crippen LogP contribution in [0.4, 0.5) is 0 Å². The zero-order valence-electron chi connectivity index (χ0n) is 16.0. The number of benzene rings is 1. The Labute approximate surface area is 160 Å². The molecular formula is C20H28N4O3. The van der Waals surface area contributed by atoms with Crippen LogP contribution in [0.25, 0.3) is 0 Å². The van der Waals surface area contributed by atoms with Crippen molar-refractivity contribution in [2.75, 3.05) is 33.8 Å². The number of aromatic amines is 1. The first-order chi connectivity index (χ1) is 13.0. The Morgan fingerprint density at radius 2 is 2.11 bits per heavy atom. The molecule has 1 aliphatic heterocycles. The molecule has 1 fully saturated rings. The lowest BCUT2D eigenvalue weighted by Crippen LogP contribution is -2.42. The van der Waals surface area contributed by atoms with Crippen molar-refractivity contribution in [1.82, 2.24) is 19.8 Å². The number of nitrogens with zero attached hydrogens (tertiary/aromatic N) is 3. The number of H-pyrrole nitrogens is 1. The molecule has 146 valence electrons. The molecule has 0 saturated carbocycles. The number of hydrogen-bond acceptors (Lipinski definition) is 5. The fourth-order valence-corrected chi connectivity index (χ4v) is 3.68. The van der Waals surface area contributed by atoms with Gasteiger partial charge in [-0.2, -0.15) is 0 Å². The van der Waals surface area contributed by atoms with Crippen LogP contribution in [-0.4, -0.2) is 70.2 Å². The van der Waals surface area contributed by atoms with Crippen molar-refractivity contribution >= 4 is 5.91 Å². The molecule has 1 aromatic carbocycles. The van der Waals surface area contributed by atoms with Crippen molar-refractivity contribution in [3.05, 3.63) is 48.0 Å². The zero-order chi connectivity index (χ0) is 19.3. The van der Waals surface area contributed by atoms with Crippen LogP contribution in [0, 0.1) is 0 Å². The van der Waals surface area contributed by atoms with Crippen LogP contribution in [0.15, 0.2) is 36.8 Å². The third-order valence-corrected chi connectivity index (χ3v) is 5.11. The third-order valence-electron chi connectivity index (χ3n) is 5.11. The maximum Gasteiger partial charge on any atom is 0.271 e. The lowest BCUT2D eigenvalue weighted by atomic mass is 9.94. The van der Waals surface area contributed by atoms with E-state index in [1.165, 1.54) is 11.9 Å². The number of hydrogen-bond donors (Lipinski definition) is 2. The molecule has 2 N–H and O–H groups in total. The lowest BCUT2D eigenvalue weighted by Gasteiger charge is -2.31. The molecule has 0 spiro atoms. The third kappa shape index (κ3) is 5.08. The molecule has 7 nitrogen and oxygen atoms in total. The molecule has 2 aromatic rings. The first-order valence-electron chi connectivity index (χ1n) is 9.31. The number of aromatic nitrogens is 2. The molecule has 1 saturated heterocycles. The van der Waals surface area contributed by atoms with Crippen molar-refractivity contribution in [1.29, 1.82) is 0 Å². The standard InChI is InChI=1S/C20H28N4O3/c1-23(13-16-4-6-17(27-2)7-5-16)14-20(26)8-3-10-24(11-9-20)19(25)18-12-21-15-22-18/h4-7,12,15,26H,3,8-11,13-14H2,1-2H3,(H,21,22)/t20-/m1/s1. The zero-order valence-corrected chi connectivity index (χ0v) is 16.0. The van der Waals surface area contributed by atoms with E-state index in [9.17, 15) is 9.90 Å². The van der Waals surface area contributed by atoms with Gasteiger partial charge in [-0.25, -0.2) is 4.98 Å². The van der Waals surface area contributed by atoms with Gasteiger partial charge in [0, 0.05) is 26.2 Å². The smallest absolute Gasteiger partial charge is 0.271 e. The summed E-state index contributed by atoms with van der Waals surface area (Å²) in [5, 5.41) is 11.1. The highest BCUT2D eigenvalue weighted by Gasteiger charge is 2.33. The van der Waals surface area contributed by atoms with E-state index in [0.717, 1.165) is 18.7 Å². The Morgan fingerprint density at radius 3 is 2.78 bits per heavy atom. The van der Waals surface area contributed by atoms with Crippen LogP contribution in [0.2, 0.25) is 0 Å². The number of imidazole rings is 1. The maximum atomic E-state index is 12.5. The highest BCUT2D eigenvalue weighted by Crippen LogP contribution is 2.25. The summed E-state index contributed by atoms with van der Waals surface area (Å²) in [7, 11) is 3.67. The fraction of sp³-hybridized carbons (Fsp3) is 0.500. The predicted octanol–water partition coefficient (Wildman–Crippen LogP) is 1.91. The second-order valence-electron chi connectivity index (χ2n) is 7.36. The SMILES string of the molecule is COc1ccc(CN(C)C[C@@]2(O)CCCN(C(=O)c3cnc[nH]3)CC2)cc1. The summed E-state index contributed by atoms with van der Waals surface area (Å²) in [6, 6.07) is 7.97. The van der Waals surface area contributed by atoms with Gasteiger partial charge in [-0.1, -0.05) is 12.1 Å². The van der Waals surface area contributed by atoms with E-state index < -0.39 is 5.60 Å². The van der Waals surface area contributed by atoms with E-state index in [-0.39, 0.29) is 5.91 Å². The van der Waals surface area contributed by atoms with Crippen LogP contribution >= 0.6 is 0 Å². The summed E-state index contributed by atoms with van der Waals surface area (Å²) in [6.07, 6.45) is 5.09. The second kappa shape index (κ2) is 8.54. The molecular weight excluding hydrogens is 344 g/mol. The van der Waals surface area contributed by atoms with E-state index in [4.69, 9.17) is 4.74 Å². The number of ether oxygens (including phenoxy) is 1. The second-order valence-corrected chi connectivity index (χ2v) is 7.36. The lowest BCUT2D eigenvalue weighted by molar-refractivity contribution is -0.00402. The van der Waals surface area contributed by atoms with Gasteiger partial charge in [0.05, 0.1) is 25.2 Å². The minimum atomic E-state index is -0.787. The average Bonchev–Trinajstić information content (AvgIpc) is 3.12. The summed E-state index contributed by atoms with van der Waals surface area (Å²) in [6.45, 7) is 2.53. The number of methoxy groups -OCH3 is 1. The van der Waals surface area contributed by atoms with Gasteiger partial charge in [0.2, 0.25) is 0 Å². The number of nitrogens with one attached hydrogen (secondary N) is 1. The summed E-state index contributed by atoms with van der Waals surface area (Å²) < 4.78 is 5.19. The number of carbonyl (C=O) groups is 1. The van der Waals surface area contributed by atoms with Crippen molar-refractivity contribution in [2.24, 2.45) is 0 Å². The number of amides is 1. The first-order valence-corrected chi connectivity index (χ1v) is 9.31. The van der Waals surface area contributed by atoms with E-state index >= 15 is 0 Å². The van der Waals surface area contributed by atoms with E-state index in [1.807, 2.05) is 31.3 Å². The molecule has 0 bridgehead atoms. The topological polar surface area (TPSA) is 81.7 Å². The Morgan fingerprint density at radius 1 is 1.33 bits per heavy atom. The first kappa shape index (κ1) is 19.4. The Hall–Kier alpha value is -2.38. The number of rotatable bonds is 6. The highest BCUT2D eigenvalue weighted by atomic mass is 16.5. The van der Waals surface area contributed by atoms with E-state index in [1.54, 1.807) is 18.2 Å². The monoisotopic (exact) mass is 372 g/mol. The number of aliphatic hydroxyl groups is 1. The molecule has 1 amide bonds. The van der Waals surface area contributed by atoms with E-state index in [2.05, 4.69) is 14.9 Å². The molecule has 0 aliphatic carbocycles. The molecule has 1 aliphatic rings. The Kier molecular flexibility index (Phi) is 6.13. The highest BCUT2D eigenvalue weighted by molar-refractivity contribution is 5.92. The fourth-order valence-electron chi connectivity index (χ4n) is 3.68. The quantitative estimate of drug-likeness (QED) is 0.809. The van der Waals surface area contributed by atoms with Gasteiger partial charge in [-0.3, -0.25) is 9.69 Å². The van der Waals surface area contributed by atoms with Crippen LogP contribution in [0.5, 0.6) is 5.75 Å². The van der Waals surface area contributed by atoms with E-state index in [0.29, 0.717) is 38.2 Å². The maximum absolute atomic E-state index is 12.5.